The first kappa shape index (κ1) is 15.6. The SMILES string of the molecule is O=C(NCc1ccnc(N2CCCC2)c1)Nc1cccc(Cl)c1. The third kappa shape index (κ3) is 4.36. The van der Waals surface area contributed by atoms with Crippen LogP contribution in [0.3, 0.4) is 0 Å². The summed E-state index contributed by atoms with van der Waals surface area (Å²) in [4.78, 5) is 18.6. The van der Waals surface area contributed by atoms with E-state index in [1.807, 2.05) is 12.1 Å². The van der Waals surface area contributed by atoms with Crippen molar-refractivity contribution in [1.82, 2.24) is 10.3 Å². The summed E-state index contributed by atoms with van der Waals surface area (Å²) in [5.74, 6) is 0.983. The Morgan fingerprint density at radius 1 is 1.22 bits per heavy atom. The smallest absolute Gasteiger partial charge is 0.319 e. The molecule has 2 N–H and O–H groups in total. The number of carbonyl (C=O) groups is 1. The lowest BCUT2D eigenvalue weighted by atomic mass is 10.2. The number of carbonyl (C=O) groups excluding carboxylic acids is 1. The minimum atomic E-state index is -0.258. The standard InChI is InChI=1S/C17H19ClN4O/c18-14-4-3-5-15(11-14)21-17(23)20-12-13-6-7-19-16(10-13)22-8-1-2-9-22/h3-7,10-11H,1-2,8-9,12H2,(H2,20,21,23). The lowest BCUT2D eigenvalue weighted by Gasteiger charge is -2.17. The molecule has 0 saturated carbocycles. The van der Waals surface area contributed by atoms with E-state index < -0.39 is 0 Å². The lowest BCUT2D eigenvalue weighted by Crippen LogP contribution is -2.28. The third-order valence-corrected chi connectivity index (χ3v) is 4.01. The number of hydrogen-bond acceptors (Lipinski definition) is 3. The van der Waals surface area contributed by atoms with Gasteiger partial charge in [-0.2, -0.15) is 0 Å². The van der Waals surface area contributed by atoms with Crippen LogP contribution < -0.4 is 15.5 Å². The van der Waals surface area contributed by atoms with Crippen LogP contribution in [0.15, 0.2) is 42.6 Å². The quantitative estimate of drug-likeness (QED) is 0.899. The predicted octanol–water partition coefficient (Wildman–Crippen LogP) is 3.66. The summed E-state index contributed by atoms with van der Waals surface area (Å²) >= 11 is 5.90. The van der Waals surface area contributed by atoms with Gasteiger partial charge in [0.1, 0.15) is 5.82 Å². The first-order valence-corrected chi connectivity index (χ1v) is 8.09. The van der Waals surface area contributed by atoms with Crippen LogP contribution in [0.1, 0.15) is 18.4 Å². The number of benzene rings is 1. The molecule has 1 aliphatic heterocycles. The zero-order chi connectivity index (χ0) is 16.1. The Hall–Kier alpha value is -2.27. The number of nitrogens with zero attached hydrogens (tertiary/aromatic N) is 2. The molecule has 1 aromatic carbocycles. The van der Waals surface area contributed by atoms with Crippen LogP contribution in [0, 0.1) is 0 Å². The molecular formula is C17H19ClN4O. The van der Waals surface area contributed by atoms with Gasteiger partial charge in [0.05, 0.1) is 0 Å². The number of halogens is 1. The number of amides is 2. The number of aromatic nitrogens is 1. The van der Waals surface area contributed by atoms with E-state index >= 15 is 0 Å². The Labute approximate surface area is 140 Å². The van der Waals surface area contributed by atoms with E-state index in [2.05, 4.69) is 20.5 Å². The molecular weight excluding hydrogens is 312 g/mol. The van der Waals surface area contributed by atoms with Gasteiger partial charge in [-0.1, -0.05) is 17.7 Å². The van der Waals surface area contributed by atoms with Gasteiger partial charge in [0.25, 0.3) is 0 Å². The molecule has 5 nitrogen and oxygen atoms in total. The Morgan fingerprint density at radius 3 is 2.83 bits per heavy atom. The summed E-state index contributed by atoms with van der Waals surface area (Å²) in [6, 6.07) is 10.8. The highest BCUT2D eigenvalue weighted by Gasteiger charge is 2.13. The van der Waals surface area contributed by atoms with E-state index in [0.717, 1.165) is 24.5 Å². The second-order valence-electron chi connectivity index (χ2n) is 5.53. The van der Waals surface area contributed by atoms with Gasteiger partial charge in [-0.15, -0.1) is 0 Å². The van der Waals surface area contributed by atoms with Crippen molar-refractivity contribution in [2.24, 2.45) is 0 Å². The molecule has 1 saturated heterocycles. The van der Waals surface area contributed by atoms with Crippen molar-refractivity contribution in [3.8, 4) is 0 Å². The van der Waals surface area contributed by atoms with Crippen LogP contribution >= 0.6 is 11.6 Å². The molecule has 1 fully saturated rings. The summed E-state index contributed by atoms with van der Waals surface area (Å²) < 4.78 is 0. The number of rotatable bonds is 4. The zero-order valence-corrected chi connectivity index (χ0v) is 13.5. The molecule has 0 bridgehead atoms. The molecule has 6 heteroatoms. The minimum absolute atomic E-state index is 0.258. The normalized spacial score (nSPS) is 13.9. The fourth-order valence-corrected chi connectivity index (χ4v) is 2.80. The number of hydrogen-bond donors (Lipinski definition) is 2. The molecule has 23 heavy (non-hydrogen) atoms. The fourth-order valence-electron chi connectivity index (χ4n) is 2.61. The van der Waals surface area contributed by atoms with Crippen LogP contribution in [0.2, 0.25) is 5.02 Å². The molecule has 120 valence electrons. The molecule has 0 spiro atoms. The van der Waals surface area contributed by atoms with Gasteiger partial charge in [0.2, 0.25) is 0 Å². The highest BCUT2D eigenvalue weighted by atomic mass is 35.5. The van der Waals surface area contributed by atoms with Crippen LogP contribution in [0.5, 0.6) is 0 Å². The van der Waals surface area contributed by atoms with Crippen molar-refractivity contribution in [2.45, 2.75) is 19.4 Å². The molecule has 1 aromatic heterocycles. The topological polar surface area (TPSA) is 57.3 Å². The second-order valence-corrected chi connectivity index (χ2v) is 5.97. The van der Waals surface area contributed by atoms with Crippen molar-refractivity contribution in [1.29, 1.82) is 0 Å². The Balaban J connectivity index is 1.55. The summed E-state index contributed by atoms with van der Waals surface area (Å²) in [6.07, 6.45) is 4.22. The summed E-state index contributed by atoms with van der Waals surface area (Å²) in [5, 5.41) is 6.20. The first-order chi connectivity index (χ1) is 11.2. The van der Waals surface area contributed by atoms with Crippen molar-refractivity contribution in [3.05, 3.63) is 53.2 Å². The van der Waals surface area contributed by atoms with E-state index in [-0.39, 0.29) is 6.03 Å². The molecule has 0 radical (unpaired) electrons. The van der Waals surface area contributed by atoms with Crippen molar-refractivity contribution in [2.75, 3.05) is 23.3 Å². The van der Waals surface area contributed by atoms with Crippen LogP contribution in [-0.2, 0) is 6.54 Å². The lowest BCUT2D eigenvalue weighted by molar-refractivity contribution is 0.251. The second kappa shape index (κ2) is 7.33. The molecule has 0 unspecified atom stereocenters. The van der Waals surface area contributed by atoms with Crippen LogP contribution in [-0.4, -0.2) is 24.1 Å². The van der Waals surface area contributed by atoms with Crippen LogP contribution in [0.4, 0.5) is 16.3 Å². The Morgan fingerprint density at radius 2 is 2.04 bits per heavy atom. The van der Waals surface area contributed by atoms with E-state index in [4.69, 9.17) is 11.6 Å². The average molecular weight is 331 g/mol. The van der Waals surface area contributed by atoms with Crippen molar-refractivity contribution >= 4 is 29.1 Å². The Kier molecular flexibility index (Phi) is 4.98. The summed E-state index contributed by atoms with van der Waals surface area (Å²) in [6.45, 7) is 2.56. The van der Waals surface area contributed by atoms with Gasteiger partial charge in [-0.25, -0.2) is 9.78 Å². The summed E-state index contributed by atoms with van der Waals surface area (Å²) in [7, 11) is 0. The maximum Gasteiger partial charge on any atom is 0.319 e. The molecule has 3 rings (SSSR count). The van der Waals surface area contributed by atoms with Gasteiger partial charge in [-0.3, -0.25) is 0 Å². The number of pyridine rings is 1. The van der Waals surface area contributed by atoms with Crippen molar-refractivity contribution in [3.63, 3.8) is 0 Å². The summed E-state index contributed by atoms with van der Waals surface area (Å²) in [5.41, 5.74) is 1.70. The molecule has 2 amide bonds. The van der Waals surface area contributed by atoms with E-state index in [0.29, 0.717) is 17.3 Å². The minimum Gasteiger partial charge on any atom is -0.357 e. The highest BCUT2D eigenvalue weighted by molar-refractivity contribution is 6.30. The van der Waals surface area contributed by atoms with Gasteiger partial charge < -0.3 is 15.5 Å². The number of anilines is 2. The first-order valence-electron chi connectivity index (χ1n) is 7.71. The fraction of sp³-hybridized carbons (Fsp3) is 0.294. The molecule has 1 aliphatic rings. The van der Waals surface area contributed by atoms with Gasteiger partial charge in [-0.05, 0) is 48.7 Å². The zero-order valence-electron chi connectivity index (χ0n) is 12.8. The monoisotopic (exact) mass is 330 g/mol. The van der Waals surface area contributed by atoms with E-state index in [1.54, 1.807) is 30.5 Å². The van der Waals surface area contributed by atoms with Crippen LogP contribution in [0.25, 0.3) is 0 Å². The van der Waals surface area contributed by atoms with E-state index in [9.17, 15) is 4.79 Å². The largest absolute Gasteiger partial charge is 0.357 e. The average Bonchev–Trinajstić information content (AvgIpc) is 3.08. The molecule has 2 aromatic rings. The maximum absolute atomic E-state index is 11.9. The maximum atomic E-state index is 11.9. The van der Waals surface area contributed by atoms with E-state index in [1.165, 1.54) is 12.8 Å². The van der Waals surface area contributed by atoms with Gasteiger partial charge in [0.15, 0.2) is 0 Å². The predicted molar refractivity (Wildman–Crippen MR) is 93.0 cm³/mol. The molecule has 0 atom stereocenters. The molecule has 2 heterocycles. The van der Waals surface area contributed by atoms with Gasteiger partial charge >= 0.3 is 6.03 Å². The molecule has 0 aliphatic carbocycles. The Bertz CT molecular complexity index is 686. The third-order valence-electron chi connectivity index (χ3n) is 3.78. The number of nitrogens with one attached hydrogen (secondary N) is 2. The van der Waals surface area contributed by atoms with Gasteiger partial charge in [0, 0.05) is 36.5 Å². The number of urea groups is 1. The van der Waals surface area contributed by atoms with Crippen molar-refractivity contribution < 1.29 is 4.79 Å². The highest BCUT2D eigenvalue weighted by Crippen LogP contribution is 2.18.